The number of fused-ring (bicyclic) bond motifs is 9. The van der Waals surface area contributed by atoms with E-state index in [9.17, 15) is 0 Å². The molecule has 1 aliphatic rings. The normalized spacial score (nSPS) is 12.9. The van der Waals surface area contributed by atoms with Crippen molar-refractivity contribution in [2.24, 2.45) is 0 Å². The first kappa shape index (κ1) is 35.3. The molecule has 2 nitrogen and oxygen atoms in total. The molecule has 1 aromatic heterocycles. The highest BCUT2D eigenvalue weighted by Crippen LogP contribution is 2.53. The van der Waals surface area contributed by atoms with Gasteiger partial charge in [-0.2, -0.15) is 0 Å². The molecule has 61 heavy (non-hydrogen) atoms. The maximum Gasteiger partial charge on any atom is 0.143 e. The number of rotatable bonds is 6. The zero-order valence-electron chi connectivity index (χ0n) is 34.1. The van der Waals surface area contributed by atoms with E-state index in [0.29, 0.717) is 0 Å². The minimum absolute atomic E-state index is 0.243. The Morgan fingerprint density at radius 1 is 0.361 bits per heavy atom. The fourth-order valence-corrected chi connectivity index (χ4v) is 10.1. The molecule has 0 aliphatic heterocycles. The third-order valence-electron chi connectivity index (χ3n) is 13.0. The van der Waals surface area contributed by atoms with E-state index in [-0.39, 0.29) is 5.41 Å². The molecule has 0 saturated carbocycles. The quantitative estimate of drug-likeness (QED) is 0.156. The second-order valence-electron chi connectivity index (χ2n) is 16.9. The van der Waals surface area contributed by atoms with Crippen molar-refractivity contribution in [2.45, 2.75) is 19.3 Å². The van der Waals surface area contributed by atoms with Crippen molar-refractivity contribution >= 4 is 60.5 Å². The standard InChI is InChI=1S/C59H41NO/c1-59(2)54-36-41(53-35-40-18-6-7-21-44(40)47-23-8-9-24-48(47)53)30-32-49(54)50-33-31-43(37-55(50)59)60(56-28-12-10-22-45(56)38-16-4-3-5-17-38)42-20-14-19-39(34-42)46-26-15-27-52-51-25-11-13-29-57(51)61-58(46)52/h3-37H,1-2H3. The van der Waals surface area contributed by atoms with Crippen molar-refractivity contribution in [2.75, 3.05) is 4.90 Å². The molecule has 0 saturated heterocycles. The van der Waals surface area contributed by atoms with Crippen LogP contribution in [-0.2, 0) is 5.41 Å². The SMILES string of the molecule is CC1(C)c2cc(-c3cc4ccccc4c4ccccc34)ccc2-c2ccc(N(c3cccc(-c4cccc5c4oc4ccccc45)c3)c3ccccc3-c3ccccc3)cc21. The van der Waals surface area contributed by atoms with Gasteiger partial charge in [0.1, 0.15) is 11.2 Å². The molecule has 0 atom stereocenters. The van der Waals surface area contributed by atoms with Gasteiger partial charge in [-0.15, -0.1) is 0 Å². The van der Waals surface area contributed by atoms with Crippen molar-refractivity contribution in [1.29, 1.82) is 0 Å². The molecule has 0 radical (unpaired) electrons. The summed E-state index contributed by atoms with van der Waals surface area (Å²) in [6, 6.07) is 77.4. The first-order chi connectivity index (χ1) is 30.0. The highest BCUT2D eigenvalue weighted by Gasteiger charge is 2.36. The number of hydrogen-bond acceptors (Lipinski definition) is 2. The summed E-state index contributed by atoms with van der Waals surface area (Å²) in [6.45, 7) is 4.78. The fourth-order valence-electron chi connectivity index (χ4n) is 10.1. The highest BCUT2D eigenvalue weighted by atomic mass is 16.3. The number of para-hydroxylation sites is 3. The van der Waals surface area contributed by atoms with Crippen LogP contribution in [0.15, 0.2) is 217 Å². The molecule has 1 heterocycles. The van der Waals surface area contributed by atoms with Crippen LogP contribution in [0.4, 0.5) is 17.1 Å². The van der Waals surface area contributed by atoms with Gasteiger partial charge in [0.25, 0.3) is 0 Å². The summed E-state index contributed by atoms with van der Waals surface area (Å²) < 4.78 is 6.55. The maximum absolute atomic E-state index is 6.55. The summed E-state index contributed by atoms with van der Waals surface area (Å²) >= 11 is 0. The maximum atomic E-state index is 6.55. The molecule has 0 unspecified atom stereocenters. The third-order valence-corrected chi connectivity index (χ3v) is 13.0. The minimum Gasteiger partial charge on any atom is -0.455 e. The first-order valence-electron chi connectivity index (χ1n) is 21.2. The molecule has 0 fully saturated rings. The fraction of sp³-hybridized carbons (Fsp3) is 0.0508. The molecule has 10 aromatic carbocycles. The Hall–Kier alpha value is -7.68. The zero-order valence-corrected chi connectivity index (χ0v) is 34.1. The number of benzene rings is 10. The van der Waals surface area contributed by atoms with Crippen molar-refractivity contribution in [3.63, 3.8) is 0 Å². The lowest BCUT2D eigenvalue weighted by Crippen LogP contribution is -2.17. The average Bonchev–Trinajstić information content (AvgIpc) is 3.81. The lowest BCUT2D eigenvalue weighted by molar-refractivity contribution is 0.660. The van der Waals surface area contributed by atoms with Crippen molar-refractivity contribution < 1.29 is 4.42 Å². The molecule has 12 rings (SSSR count). The van der Waals surface area contributed by atoms with Gasteiger partial charge in [-0.05, 0) is 115 Å². The lowest BCUT2D eigenvalue weighted by Gasteiger charge is -2.30. The van der Waals surface area contributed by atoms with E-state index in [4.69, 9.17) is 4.42 Å². The van der Waals surface area contributed by atoms with Gasteiger partial charge < -0.3 is 9.32 Å². The van der Waals surface area contributed by atoms with Gasteiger partial charge in [0.05, 0.1) is 5.69 Å². The Balaban J connectivity index is 1.02. The van der Waals surface area contributed by atoms with Crippen LogP contribution < -0.4 is 4.90 Å². The Morgan fingerprint density at radius 2 is 0.967 bits per heavy atom. The van der Waals surface area contributed by atoms with E-state index in [1.54, 1.807) is 0 Å². The van der Waals surface area contributed by atoms with Crippen LogP contribution >= 0.6 is 0 Å². The van der Waals surface area contributed by atoms with E-state index in [0.717, 1.165) is 50.1 Å². The Labute approximate surface area is 355 Å². The van der Waals surface area contributed by atoms with Crippen LogP contribution in [0, 0.1) is 0 Å². The summed E-state index contributed by atoms with van der Waals surface area (Å²) in [6.07, 6.45) is 0. The van der Waals surface area contributed by atoms with Crippen molar-refractivity contribution in [3.05, 3.63) is 223 Å². The van der Waals surface area contributed by atoms with Crippen LogP contribution in [0.2, 0.25) is 0 Å². The van der Waals surface area contributed by atoms with Crippen LogP contribution in [0.25, 0.3) is 88.0 Å². The molecule has 0 spiro atoms. The molecule has 1 aliphatic carbocycles. The Bertz CT molecular complexity index is 3520. The van der Waals surface area contributed by atoms with E-state index in [1.807, 2.05) is 6.07 Å². The van der Waals surface area contributed by atoms with Crippen LogP contribution in [0.5, 0.6) is 0 Å². The van der Waals surface area contributed by atoms with Gasteiger partial charge in [0.15, 0.2) is 0 Å². The van der Waals surface area contributed by atoms with Gasteiger partial charge in [-0.3, -0.25) is 0 Å². The summed E-state index contributed by atoms with van der Waals surface area (Å²) in [5.41, 5.74) is 17.2. The summed E-state index contributed by atoms with van der Waals surface area (Å²) in [7, 11) is 0. The molecular weight excluding hydrogens is 739 g/mol. The predicted octanol–water partition coefficient (Wildman–Crippen LogP) is 16.7. The van der Waals surface area contributed by atoms with Gasteiger partial charge in [0, 0.05) is 38.7 Å². The van der Waals surface area contributed by atoms with Crippen molar-refractivity contribution in [1.82, 2.24) is 0 Å². The highest BCUT2D eigenvalue weighted by molar-refractivity contribution is 6.14. The molecule has 11 aromatic rings. The Morgan fingerprint density at radius 3 is 1.84 bits per heavy atom. The first-order valence-corrected chi connectivity index (χ1v) is 21.2. The van der Waals surface area contributed by atoms with E-state index >= 15 is 0 Å². The summed E-state index contributed by atoms with van der Waals surface area (Å²) in [4.78, 5) is 2.44. The topological polar surface area (TPSA) is 16.4 Å². The zero-order chi connectivity index (χ0) is 40.7. The van der Waals surface area contributed by atoms with Gasteiger partial charge in [-0.25, -0.2) is 0 Å². The number of anilines is 3. The number of furan rings is 1. The molecule has 0 amide bonds. The van der Waals surface area contributed by atoms with E-state index in [2.05, 4.69) is 225 Å². The monoisotopic (exact) mass is 779 g/mol. The van der Waals surface area contributed by atoms with E-state index in [1.165, 1.54) is 66.1 Å². The third kappa shape index (κ3) is 5.56. The average molecular weight is 780 g/mol. The number of hydrogen-bond donors (Lipinski definition) is 0. The molecule has 0 bridgehead atoms. The van der Waals surface area contributed by atoms with Gasteiger partial charge in [-0.1, -0.05) is 178 Å². The lowest BCUT2D eigenvalue weighted by atomic mass is 9.81. The molecule has 0 N–H and O–H groups in total. The molecule has 288 valence electrons. The number of nitrogens with zero attached hydrogens (tertiary/aromatic N) is 1. The van der Waals surface area contributed by atoms with Crippen LogP contribution in [-0.4, -0.2) is 0 Å². The van der Waals surface area contributed by atoms with Gasteiger partial charge in [0.2, 0.25) is 0 Å². The molecule has 2 heteroatoms. The van der Waals surface area contributed by atoms with Crippen LogP contribution in [0.3, 0.4) is 0 Å². The summed E-state index contributed by atoms with van der Waals surface area (Å²) in [5, 5.41) is 7.38. The Kier molecular flexibility index (Phi) is 7.92. The second-order valence-corrected chi connectivity index (χ2v) is 16.9. The van der Waals surface area contributed by atoms with Gasteiger partial charge >= 0.3 is 0 Å². The van der Waals surface area contributed by atoms with Crippen LogP contribution in [0.1, 0.15) is 25.0 Å². The smallest absolute Gasteiger partial charge is 0.143 e. The minimum atomic E-state index is -0.243. The molecular formula is C59H41NO. The van der Waals surface area contributed by atoms with Crippen molar-refractivity contribution in [3.8, 4) is 44.5 Å². The van der Waals surface area contributed by atoms with E-state index < -0.39 is 0 Å². The second kappa shape index (κ2) is 13.7. The predicted molar refractivity (Wildman–Crippen MR) is 257 cm³/mol. The largest absolute Gasteiger partial charge is 0.455 e. The summed E-state index contributed by atoms with van der Waals surface area (Å²) in [5.74, 6) is 0.